The molecular weight excluding hydrogens is 186 g/mol. The number of rotatable bonds is 4. The zero-order valence-corrected chi connectivity index (χ0v) is 8.04. The molecule has 0 amide bonds. The lowest BCUT2D eigenvalue weighted by atomic mass is 10.2. The average molecular weight is 198 g/mol. The van der Waals surface area contributed by atoms with Crippen molar-refractivity contribution in [3.8, 4) is 0 Å². The van der Waals surface area contributed by atoms with Crippen LogP contribution in [0.1, 0.15) is 17.7 Å². The van der Waals surface area contributed by atoms with E-state index in [2.05, 4.69) is 4.98 Å². The molecule has 1 N–H and O–H groups in total. The third-order valence-electron chi connectivity index (χ3n) is 1.59. The van der Waals surface area contributed by atoms with E-state index in [0.29, 0.717) is 5.88 Å². The second-order valence-electron chi connectivity index (χ2n) is 2.63. The molecular formula is C10H12ClNO. The monoisotopic (exact) mass is 197 g/mol. The minimum Gasteiger partial charge on any atom is -0.392 e. The van der Waals surface area contributed by atoms with Crippen molar-refractivity contribution in [2.45, 2.75) is 13.0 Å². The SMILES string of the molecule is OCc1ccc(C=CCCCl)nc1. The number of halogens is 1. The maximum Gasteiger partial charge on any atom is 0.0696 e. The fourth-order valence-corrected chi connectivity index (χ4v) is 1.02. The number of aliphatic hydroxyl groups excluding tert-OH is 1. The molecule has 0 atom stereocenters. The van der Waals surface area contributed by atoms with E-state index in [9.17, 15) is 0 Å². The lowest BCUT2D eigenvalue weighted by Gasteiger charge is -1.95. The molecule has 1 aromatic rings. The van der Waals surface area contributed by atoms with Crippen molar-refractivity contribution in [2.24, 2.45) is 0 Å². The molecule has 0 fully saturated rings. The number of allylic oxidation sites excluding steroid dienone is 1. The van der Waals surface area contributed by atoms with Crippen molar-refractivity contribution in [2.75, 3.05) is 5.88 Å². The van der Waals surface area contributed by atoms with E-state index in [1.807, 2.05) is 24.3 Å². The predicted molar refractivity (Wildman–Crippen MR) is 54.5 cm³/mol. The fraction of sp³-hybridized carbons (Fsp3) is 0.300. The molecule has 2 nitrogen and oxygen atoms in total. The molecule has 1 rings (SSSR count). The van der Waals surface area contributed by atoms with E-state index < -0.39 is 0 Å². The average Bonchev–Trinajstić information content (AvgIpc) is 2.19. The Morgan fingerprint density at radius 2 is 2.31 bits per heavy atom. The molecule has 0 aliphatic heterocycles. The van der Waals surface area contributed by atoms with Crippen molar-refractivity contribution in [1.82, 2.24) is 4.98 Å². The van der Waals surface area contributed by atoms with Gasteiger partial charge in [-0.2, -0.15) is 0 Å². The number of nitrogens with zero attached hydrogens (tertiary/aromatic N) is 1. The second kappa shape index (κ2) is 5.73. The van der Waals surface area contributed by atoms with E-state index >= 15 is 0 Å². The number of aromatic nitrogens is 1. The molecule has 1 heterocycles. The Morgan fingerprint density at radius 1 is 1.46 bits per heavy atom. The van der Waals surface area contributed by atoms with Gasteiger partial charge in [-0.25, -0.2) is 0 Å². The summed E-state index contributed by atoms with van der Waals surface area (Å²) in [5, 5.41) is 8.77. The summed E-state index contributed by atoms with van der Waals surface area (Å²) in [7, 11) is 0. The first-order chi connectivity index (χ1) is 6.36. The zero-order valence-electron chi connectivity index (χ0n) is 7.28. The van der Waals surface area contributed by atoms with Crippen LogP contribution in [0.4, 0.5) is 0 Å². The Kier molecular flexibility index (Phi) is 4.50. The van der Waals surface area contributed by atoms with Crippen LogP contribution in [0.25, 0.3) is 6.08 Å². The maximum atomic E-state index is 8.77. The Balaban J connectivity index is 2.58. The molecule has 0 spiro atoms. The second-order valence-corrected chi connectivity index (χ2v) is 3.01. The molecule has 70 valence electrons. The summed E-state index contributed by atoms with van der Waals surface area (Å²) >= 11 is 5.51. The van der Waals surface area contributed by atoms with Gasteiger partial charge in [-0.15, -0.1) is 11.6 Å². The van der Waals surface area contributed by atoms with E-state index in [1.165, 1.54) is 0 Å². The Morgan fingerprint density at radius 3 is 2.85 bits per heavy atom. The van der Waals surface area contributed by atoms with Crippen molar-refractivity contribution in [3.05, 3.63) is 35.7 Å². The first-order valence-corrected chi connectivity index (χ1v) is 4.68. The first-order valence-electron chi connectivity index (χ1n) is 4.15. The van der Waals surface area contributed by atoms with Crippen LogP contribution in [0.5, 0.6) is 0 Å². The molecule has 0 aliphatic rings. The molecule has 3 heteroatoms. The lowest BCUT2D eigenvalue weighted by molar-refractivity contribution is 0.281. The van der Waals surface area contributed by atoms with Gasteiger partial charge >= 0.3 is 0 Å². The van der Waals surface area contributed by atoms with Gasteiger partial charge in [-0.1, -0.05) is 12.1 Å². The number of pyridine rings is 1. The highest BCUT2D eigenvalue weighted by Crippen LogP contribution is 2.02. The summed E-state index contributed by atoms with van der Waals surface area (Å²) < 4.78 is 0. The standard InChI is InChI=1S/C10H12ClNO/c11-6-2-1-3-10-5-4-9(8-13)7-12-10/h1,3-5,7,13H,2,6,8H2. The number of hydrogen-bond donors (Lipinski definition) is 1. The van der Waals surface area contributed by atoms with Gasteiger partial charge < -0.3 is 5.11 Å². The Hall–Kier alpha value is -0.860. The van der Waals surface area contributed by atoms with Gasteiger partial charge in [0.1, 0.15) is 0 Å². The van der Waals surface area contributed by atoms with Crippen LogP contribution in [0.3, 0.4) is 0 Å². The largest absolute Gasteiger partial charge is 0.392 e. The summed E-state index contributed by atoms with van der Waals surface area (Å²) in [5.41, 5.74) is 1.72. The van der Waals surface area contributed by atoms with Gasteiger partial charge in [-0.05, 0) is 24.1 Å². The third-order valence-corrected chi connectivity index (χ3v) is 1.81. The van der Waals surface area contributed by atoms with E-state index in [-0.39, 0.29) is 6.61 Å². The minimum absolute atomic E-state index is 0.0404. The summed E-state index contributed by atoms with van der Waals surface area (Å²) in [5.74, 6) is 0.630. The van der Waals surface area contributed by atoms with Gasteiger partial charge in [-0.3, -0.25) is 4.98 Å². The topological polar surface area (TPSA) is 33.1 Å². The van der Waals surface area contributed by atoms with Crippen molar-refractivity contribution in [1.29, 1.82) is 0 Å². The summed E-state index contributed by atoms with van der Waals surface area (Å²) in [6, 6.07) is 3.73. The van der Waals surface area contributed by atoms with E-state index in [0.717, 1.165) is 17.7 Å². The van der Waals surface area contributed by atoms with Gasteiger partial charge in [0, 0.05) is 12.1 Å². The van der Waals surface area contributed by atoms with Crippen molar-refractivity contribution < 1.29 is 5.11 Å². The molecule has 0 saturated carbocycles. The first kappa shape index (κ1) is 10.2. The van der Waals surface area contributed by atoms with Crippen LogP contribution >= 0.6 is 11.6 Å². The molecule has 1 aromatic heterocycles. The quantitative estimate of drug-likeness (QED) is 0.751. The van der Waals surface area contributed by atoms with Crippen LogP contribution in [-0.2, 0) is 6.61 Å². The number of hydrogen-bond acceptors (Lipinski definition) is 2. The molecule has 0 radical (unpaired) electrons. The molecule has 0 saturated heterocycles. The summed E-state index contributed by atoms with van der Waals surface area (Å²) in [6.45, 7) is 0.0404. The fourth-order valence-electron chi connectivity index (χ4n) is 0.895. The Labute approximate surface area is 82.9 Å². The van der Waals surface area contributed by atoms with Gasteiger partial charge in [0.05, 0.1) is 12.3 Å². The van der Waals surface area contributed by atoms with E-state index in [4.69, 9.17) is 16.7 Å². The van der Waals surface area contributed by atoms with Gasteiger partial charge in [0.2, 0.25) is 0 Å². The maximum absolute atomic E-state index is 8.77. The molecule has 0 aliphatic carbocycles. The van der Waals surface area contributed by atoms with Crippen molar-refractivity contribution >= 4 is 17.7 Å². The predicted octanol–water partition coefficient (Wildman–Crippen LogP) is 2.22. The normalized spacial score (nSPS) is 10.9. The van der Waals surface area contributed by atoms with Gasteiger partial charge in [0.15, 0.2) is 0 Å². The summed E-state index contributed by atoms with van der Waals surface area (Å²) in [4.78, 5) is 4.13. The number of aliphatic hydroxyl groups is 1. The third kappa shape index (κ3) is 3.57. The van der Waals surface area contributed by atoms with Crippen LogP contribution in [0.15, 0.2) is 24.4 Å². The van der Waals surface area contributed by atoms with Crippen LogP contribution < -0.4 is 0 Å². The lowest BCUT2D eigenvalue weighted by Crippen LogP contribution is -1.86. The molecule has 0 bridgehead atoms. The molecule has 0 aromatic carbocycles. The van der Waals surface area contributed by atoms with Gasteiger partial charge in [0.25, 0.3) is 0 Å². The highest BCUT2D eigenvalue weighted by Gasteiger charge is 1.90. The Bertz CT molecular complexity index is 269. The van der Waals surface area contributed by atoms with E-state index in [1.54, 1.807) is 6.20 Å². The van der Waals surface area contributed by atoms with Crippen molar-refractivity contribution in [3.63, 3.8) is 0 Å². The van der Waals surface area contributed by atoms with Crippen LogP contribution in [0.2, 0.25) is 0 Å². The summed E-state index contributed by atoms with van der Waals surface area (Å²) in [6.07, 6.45) is 6.42. The smallest absolute Gasteiger partial charge is 0.0696 e. The molecule has 13 heavy (non-hydrogen) atoms. The molecule has 0 unspecified atom stereocenters. The minimum atomic E-state index is 0.0404. The highest BCUT2D eigenvalue weighted by atomic mass is 35.5. The van der Waals surface area contributed by atoms with Crippen LogP contribution in [0, 0.1) is 0 Å². The van der Waals surface area contributed by atoms with Crippen LogP contribution in [-0.4, -0.2) is 16.0 Å². The highest BCUT2D eigenvalue weighted by molar-refractivity contribution is 6.17. The zero-order chi connectivity index (χ0) is 9.52. The number of alkyl halides is 1.